The number of carbonyl (C=O) groups excluding carboxylic acids is 2. The average molecular weight is 286 g/mol. The highest BCUT2D eigenvalue weighted by atomic mass is 16.2. The molecule has 2 amide bonds. The highest BCUT2D eigenvalue weighted by Crippen LogP contribution is 2.22. The summed E-state index contributed by atoms with van der Waals surface area (Å²) in [7, 11) is 0. The molecule has 0 aliphatic carbocycles. The van der Waals surface area contributed by atoms with E-state index in [4.69, 9.17) is 0 Å². The van der Waals surface area contributed by atoms with Gasteiger partial charge in [0.1, 0.15) is 0 Å². The topological polar surface area (TPSA) is 40.6 Å². The smallest absolute Gasteiger partial charge is 0.227 e. The van der Waals surface area contributed by atoms with Crippen LogP contribution in [0.5, 0.6) is 0 Å². The molecule has 2 heterocycles. The standard InChI is InChI=1S/C17H22N2O2/c20-16-12-15(17(21)18-9-4-5-10-18)13-19(16)11-8-14-6-2-1-3-7-14/h1-3,6-7,15H,4-5,8-13H2/t15-/m1/s1. The summed E-state index contributed by atoms with van der Waals surface area (Å²) in [6.07, 6.45) is 3.45. The Balaban J connectivity index is 1.53. The van der Waals surface area contributed by atoms with E-state index in [9.17, 15) is 9.59 Å². The molecule has 21 heavy (non-hydrogen) atoms. The number of hydrogen-bond acceptors (Lipinski definition) is 2. The Hall–Kier alpha value is -1.84. The van der Waals surface area contributed by atoms with E-state index in [1.54, 1.807) is 0 Å². The molecule has 4 heteroatoms. The van der Waals surface area contributed by atoms with Gasteiger partial charge in [-0.3, -0.25) is 9.59 Å². The van der Waals surface area contributed by atoms with E-state index in [1.165, 1.54) is 5.56 Å². The van der Waals surface area contributed by atoms with Gasteiger partial charge in [0.2, 0.25) is 11.8 Å². The molecule has 2 fully saturated rings. The first kappa shape index (κ1) is 14.1. The monoisotopic (exact) mass is 286 g/mol. The van der Waals surface area contributed by atoms with Gasteiger partial charge in [-0.25, -0.2) is 0 Å². The van der Waals surface area contributed by atoms with Gasteiger partial charge >= 0.3 is 0 Å². The Morgan fingerprint density at radius 2 is 1.86 bits per heavy atom. The number of benzene rings is 1. The van der Waals surface area contributed by atoms with Crippen molar-refractivity contribution in [2.45, 2.75) is 25.7 Å². The van der Waals surface area contributed by atoms with Gasteiger partial charge in [0.05, 0.1) is 5.92 Å². The molecule has 0 saturated carbocycles. The van der Waals surface area contributed by atoms with Gasteiger partial charge in [-0.1, -0.05) is 30.3 Å². The summed E-state index contributed by atoms with van der Waals surface area (Å²) in [5, 5.41) is 0. The predicted octanol–water partition coefficient (Wildman–Crippen LogP) is 1.70. The SMILES string of the molecule is O=C1C[C@@H](C(=O)N2CCCC2)CN1CCc1ccccc1. The van der Waals surface area contributed by atoms with Gasteiger partial charge in [-0.2, -0.15) is 0 Å². The van der Waals surface area contributed by atoms with Gasteiger partial charge in [0.25, 0.3) is 0 Å². The normalized spacial score (nSPS) is 22.1. The molecule has 0 spiro atoms. The summed E-state index contributed by atoms with van der Waals surface area (Å²) in [6, 6.07) is 10.2. The molecule has 1 aromatic rings. The number of nitrogens with zero attached hydrogens (tertiary/aromatic N) is 2. The van der Waals surface area contributed by atoms with E-state index in [2.05, 4.69) is 12.1 Å². The van der Waals surface area contributed by atoms with Crippen LogP contribution in [0.1, 0.15) is 24.8 Å². The molecular weight excluding hydrogens is 264 g/mol. The molecule has 1 atom stereocenters. The van der Waals surface area contributed by atoms with Crippen LogP contribution in [0.25, 0.3) is 0 Å². The lowest BCUT2D eigenvalue weighted by Crippen LogP contribution is -2.35. The molecule has 112 valence electrons. The summed E-state index contributed by atoms with van der Waals surface area (Å²) < 4.78 is 0. The lowest BCUT2D eigenvalue weighted by Gasteiger charge is -2.20. The third kappa shape index (κ3) is 3.26. The number of carbonyl (C=O) groups is 2. The van der Waals surface area contributed by atoms with Gasteiger partial charge in [0, 0.05) is 32.6 Å². The van der Waals surface area contributed by atoms with Crippen LogP contribution in [-0.4, -0.2) is 47.8 Å². The highest BCUT2D eigenvalue weighted by Gasteiger charge is 2.36. The van der Waals surface area contributed by atoms with Crippen LogP contribution >= 0.6 is 0 Å². The quantitative estimate of drug-likeness (QED) is 0.845. The Labute approximate surface area is 125 Å². The van der Waals surface area contributed by atoms with Crippen LogP contribution in [0.4, 0.5) is 0 Å². The third-order valence-corrected chi connectivity index (χ3v) is 4.49. The van der Waals surface area contributed by atoms with E-state index in [0.29, 0.717) is 19.5 Å². The number of amides is 2. The van der Waals surface area contributed by atoms with Crippen LogP contribution in [0.15, 0.2) is 30.3 Å². The molecule has 1 aromatic carbocycles. The largest absolute Gasteiger partial charge is 0.342 e. The summed E-state index contributed by atoms with van der Waals surface area (Å²) in [5.41, 5.74) is 1.24. The maximum atomic E-state index is 12.4. The van der Waals surface area contributed by atoms with E-state index < -0.39 is 0 Å². The molecule has 2 aliphatic heterocycles. The second-order valence-corrected chi connectivity index (χ2v) is 6.01. The van der Waals surface area contributed by atoms with Crippen molar-refractivity contribution in [3.05, 3.63) is 35.9 Å². The van der Waals surface area contributed by atoms with Gasteiger partial charge in [-0.15, -0.1) is 0 Å². The zero-order chi connectivity index (χ0) is 14.7. The molecule has 2 aliphatic rings. The Bertz CT molecular complexity index is 509. The molecule has 0 unspecified atom stereocenters. The fourth-order valence-electron chi connectivity index (χ4n) is 3.26. The lowest BCUT2D eigenvalue weighted by atomic mass is 10.1. The van der Waals surface area contributed by atoms with Gasteiger partial charge in [-0.05, 0) is 24.8 Å². The first-order chi connectivity index (χ1) is 10.2. The van der Waals surface area contributed by atoms with E-state index >= 15 is 0 Å². The van der Waals surface area contributed by atoms with E-state index in [1.807, 2.05) is 28.0 Å². The minimum atomic E-state index is -0.119. The molecule has 2 saturated heterocycles. The fourth-order valence-corrected chi connectivity index (χ4v) is 3.26. The number of likely N-dealkylation sites (tertiary alicyclic amines) is 2. The molecule has 4 nitrogen and oxygen atoms in total. The van der Waals surface area contributed by atoms with Gasteiger partial charge < -0.3 is 9.80 Å². The second kappa shape index (κ2) is 6.29. The zero-order valence-corrected chi connectivity index (χ0v) is 12.3. The predicted molar refractivity (Wildman–Crippen MR) is 80.6 cm³/mol. The van der Waals surface area contributed by atoms with Gasteiger partial charge in [0.15, 0.2) is 0 Å². The second-order valence-electron chi connectivity index (χ2n) is 6.01. The summed E-state index contributed by atoms with van der Waals surface area (Å²) in [5.74, 6) is 0.193. The van der Waals surface area contributed by atoms with Crippen molar-refractivity contribution in [2.75, 3.05) is 26.2 Å². The first-order valence-corrected chi connectivity index (χ1v) is 7.84. The molecule has 3 rings (SSSR count). The van der Waals surface area contributed by atoms with Crippen LogP contribution in [-0.2, 0) is 16.0 Å². The van der Waals surface area contributed by atoms with Crippen LogP contribution in [0, 0.1) is 5.92 Å². The fraction of sp³-hybridized carbons (Fsp3) is 0.529. The van der Waals surface area contributed by atoms with E-state index in [0.717, 1.165) is 32.4 Å². The van der Waals surface area contributed by atoms with Crippen molar-refractivity contribution >= 4 is 11.8 Å². The van der Waals surface area contributed by atoms with Crippen molar-refractivity contribution < 1.29 is 9.59 Å². The summed E-state index contributed by atoms with van der Waals surface area (Å²) in [4.78, 5) is 28.2. The van der Waals surface area contributed by atoms with Crippen LogP contribution in [0.2, 0.25) is 0 Å². The van der Waals surface area contributed by atoms with Crippen molar-refractivity contribution in [3.63, 3.8) is 0 Å². The Morgan fingerprint density at radius 1 is 1.14 bits per heavy atom. The van der Waals surface area contributed by atoms with Crippen LogP contribution in [0.3, 0.4) is 0 Å². The number of hydrogen-bond donors (Lipinski definition) is 0. The minimum absolute atomic E-state index is 0.119. The Morgan fingerprint density at radius 3 is 2.57 bits per heavy atom. The summed E-state index contributed by atoms with van der Waals surface area (Å²) in [6.45, 7) is 3.05. The van der Waals surface area contributed by atoms with Crippen molar-refractivity contribution in [3.8, 4) is 0 Å². The van der Waals surface area contributed by atoms with Crippen LogP contribution < -0.4 is 0 Å². The molecule has 0 N–H and O–H groups in total. The van der Waals surface area contributed by atoms with Crippen molar-refractivity contribution in [2.24, 2.45) is 5.92 Å². The third-order valence-electron chi connectivity index (χ3n) is 4.49. The zero-order valence-electron chi connectivity index (χ0n) is 12.3. The summed E-state index contributed by atoms with van der Waals surface area (Å²) >= 11 is 0. The average Bonchev–Trinajstić information content (AvgIpc) is 3.15. The van der Waals surface area contributed by atoms with Crippen molar-refractivity contribution in [1.29, 1.82) is 0 Å². The highest BCUT2D eigenvalue weighted by molar-refractivity contribution is 5.89. The minimum Gasteiger partial charge on any atom is -0.342 e. The number of rotatable bonds is 4. The lowest BCUT2D eigenvalue weighted by molar-refractivity contribution is -0.134. The molecule has 0 aromatic heterocycles. The molecule has 0 radical (unpaired) electrons. The maximum Gasteiger partial charge on any atom is 0.227 e. The molecule has 0 bridgehead atoms. The van der Waals surface area contributed by atoms with Crippen molar-refractivity contribution in [1.82, 2.24) is 9.80 Å². The Kier molecular flexibility index (Phi) is 4.23. The maximum absolute atomic E-state index is 12.4. The van der Waals surface area contributed by atoms with E-state index in [-0.39, 0.29) is 17.7 Å². The molecular formula is C17H22N2O2. The first-order valence-electron chi connectivity index (χ1n) is 7.84.